The summed E-state index contributed by atoms with van der Waals surface area (Å²) in [6.07, 6.45) is 3.96. The lowest BCUT2D eigenvalue weighted by molar-refractivity contribution is 0.0725. The van der Waals surface area contributed by atoms with E-state index in [-0.39, 0.29) is 0 Å². The van der Waals surface area contributed by atoms with Crippen molar-refractivity contribution in [1.82, 2.24) is 9.03 Å². The Hall–Kier alpha value is -0.210. The van der Waals surface area contributed by atoms with Crippen LogP contribution in [0.4, 0.5) is 0 Å². The second kappa shape index (κ2) is 7.99. The molecule has 0 saturated carbocycles. The lowest BCUT2D eigenvalue weighted by atomic mass is 10.2. The van der Waals surface area contributed by atoms with Crippen molar-refractivity contribution in [3.8, 4) is 0 Å². The molecule has 0 atom stereocenters. The predicted molar refractivity (Wildman–Crippen MR) is 66.8 cm³/mol. The predicted octanol–water partition coefficient (Wildman–Crippen LogP) is -0.328. The largest absolute Gasteiger partial charge is 0.379 e. The zero-order valence-corrected chi connectivity index (χ0v) is 11.0. The van der Waals surface area contributed by atoms with Gasteiger partial charge in [0.25, 0.3) is 10.2 Å². The summed E-state index contributed by atoms with van der Waals surface area (Å²) in [6.45, 7) is 3.07. The minimum atomic E-state index is -3.30. The van der Waals surface area contributed by atoms with Crippen molar-refractivity contribution in [1.29, 1.82) is 0 Å². The molecule has 7 heteroatoms. The topological polar surface area (TPSA) is 84.7 Å². The van der Waals surface area contributed by atoms with E-state index in [4.69, 9.17) is 10.5 Å². The fraction of sp³-hybridized carbons (Fsp3) is 1.00. The molecule has 0 bridgehead atoms. The lowest BCUT2D eigenvalue weighted by Gasteiger charge is -2.26. The van der Waals surface area contributed by atoms with Crippen LogP contribution in [0.2, 0.25) is 0 Å². The quantitative estimate of drug-likeness (QED) is 0.589. The van der Waals surface area contributed by atoms with Gasteiger partial charge in [0, 0.05) is 19.6 Å². The molecular weight excluding hydrogens is 242 g/mol. The van der Waals surface area contributed by atoms with E-state index in [2.05, 4.69) is 4.72 Å². The van der Waals surface area contributed by atoms with Gasteiger partial charge in [0.1, 0.15) is 0 Å². The molecule has 0 amide bonds. The first-order valence-electron chi connectivity index (χ1n) is 6.19. The molecular formula is C10H23N3O3S. The van der Waals surface area contributed by atoms with Crippen LogP contribution in [0, 0.1) is 0 Å². The number of nitrogens with two attached hydrogens (primary N) is 1. The molecule has 0 aromatic heterocycles. The molecule has 0 radical (unpaired) electrons. The number of rotatable bonds is 8. The zero-order valence-electron chi connectivity index (χ0n) is 10.2. The number of morpholine rings is 1. The van der Waals surface area contributed by atoms with Gasteiger partial charge in [-0.25, -0.2) is 4.72 Å². The number of hydrogen-bond donors (Lipinski definition) is 2. The van der Waals surface area contributed by atoms with Gasteiger partial charge in [-0.1, -0.05) is 12.8 Å². The maximum atomic E-state index is 11.8. The average Bonchev–Trinajstić information content (AvgIpc) is 2.35. The highest BCUT2D eigenvalue weighted by Gasteiger charge is 2.23. The molecule has 6 nitrogen and oxygen atoms in total. The summed E-state index contributed by atoms with van der Waals surface area (Å²) in [5.41, 5.74) is 5.38. The highest BCUT2D eigenvalue weighted by molar-refractivity contribution is 7.87. The third-order valence-corrected chi connectivity index (χ3v) is 4.34. The number of hydrogen-bond acceptors (Lipinski definition) is 4. The van der Waals surface area contributed by atoms with E-state index >= 15 is 0 Å². The van der Waals surface area contributed by atoms with Gasteiger partial charge in [0.05, 0.1) is 13.2 Å². The molecule has 1 fully saturated rings. The Labute approximate surface area is 104 Å². The molecule has 0 aromatic carbocycles. The molecule has 1 aliphatic heterocycles. The summed E-state index contributed by atoms with van der Waals surface area (Å²) < 4.78 is 32.8. The van der Waals surface area contributed by atoms with Gasteiger partial charge in [-0.3, -0.25) is 0 Å². The molecule has 17 heavy (non-hydrogen) atoms. The first-order valence-corrected chi connectivity index (χ1v) is 7.63. The van der Waals surface area contributed by atoms with Crippen molar-refractivity contribution < 1.29 is 13.2 Å². The van der Waals surface area contributed by atoms with Gasteiger partial charge in [-0.15, -0.1) is 0 Å². The summed E-state index contributed by atoms with van der Waals surface area (Å²) in [5, 5.41) is 0. The van der Waals surface area contributed by atoms with Crippen LogP contribution in [0.1, 0.15) is 25.7 Å². The van der Waals surface area contributed by atoms with Crippen LogP contribution < -0.4 is 10.5 Å². The third-order valence-electron chi connectivity index (χ3n) is 2.73. The molecule has 1 heterocycles. The van der Waals surface area contributed by atoms with Crippen LogP contribution in [0.5, 0.6) is 0 Å². The zero-order chi connectivity index (χ0) is 12.6. The Bertz CT molecular complexity index is 289. The Kier molecular flexibility index (Phi) is 6.98. The van der Waals surface area contributed by atoms with Gasteiger partial charge in [0.2, 0.25) is 0 Å². The van der Waals surface area contributed by atoms with Gasteiger partial charge in [-0.05, 0) is 19.4 Å². The fourth-order valence-corrected chi connectivity index (χ4v) is 2.92. The van der Waals surface area contributed by atoms with Crippen LogP contribution in [0.25, 0.3) is 0 Å². The molecule has 1 aliphatic rings. The first kappa shape index (κ1) is 14.8. The number of nitrogens with zero attached hydrogens (tertiary/aromatic N) is 1. The van der Waals surface area contributed by atoms with Crippen LogP contribution in [0.15, 0.2) is 0 Å². The summed E-state index contributed by atoms with van der Waals surface area (Å²) in [6, 6.07) is 0. The van der Waals surface area contributed by atoms with E-state index in [0.717, 1.165) is 25.7 Å². The van der Waals surface area contributed by atoms with Crippen LogP contribution in [0.3, 0.4) is 0 Å². The number of unbranched alkanes of at least 4 members (excludes halogenated alkanes) is 3. The second-order valence-corrected chi connectivity index (χ2v) is 5.87. The van der Waals surface area contributed by atoms with Gasteiger partial charge < -0.3 is 10.5 Å². The lowest BCUT2D eigenvalue weighted by Crippen LogP contribution is -2.46. The van der Waals surface area contributed by atoms with E-state index in [1.807, 2.05) is 0 Å². The molecule has 0 aliphatic carbocycles. The fourth-order valence-electron chi connectivity index (χ4n) is 1.70. The van der Waals surface area contributed by atoms with Gasteiger partial charge in [0.15, 0.2) is 0 Å². The standard InChI is InChI=1S/C10H23N3O3S/c11-5-3-1-2-4-6-12-17(14,15)13-7-9-16-10-8-13/h12H,1-11H2. The Balaban J connectivity index is 2.15. The SMILES string of the molecule is NCCCCCCNS(=O)(=O)N1CCOCC1. The van der Waals surface area contributed by atoms with E-state index in [1.54, 1.807) is 0 Å². The molecule has 102 valence electrons. The summed E-state index contributed by atoms with van der Waals surface area (Å²) >= 11 is 0. The van der Waals surface area contributed by atoms with E-state index in [9.17, 15) is 8.42 Å². The highest BCUT2D eigenvalue weighted by atomic mass is 32.2. The highest BCUT2D eigenvalue weighted by Crippen LogP contribution is 2.03. The monoisotopic (exact) mass is 265 g/mol. The maximum Gasteiger partial charge on any atom is 0.279 e. The Morgan fingerprint density at radius 1 is 1.12 bits per heavy atom. The minimum Gasteiger partial charge on any atom is -0.379 e. The van der Waals surface area contributed by atoms with Gasteiger partial charge in [-0.2, -0.15) is 12.7 Å². The van der Waals surface area contributed by atoms with E-state index < -0.39 is 10.2 Å². The maximum absolute atomic E-state index is 11.8. The molecule has 3 N–H and O–H groups in total. The number of nitrogens with one attached hydrogen (secondary N) is 1. The summed E-state index contributed by atoms with van der Waals surface area (Å²) in [4.78, 5) is 0. The van der Waals surface area contributed by atoms with Crippen LogP contribution in [-0.2, 0) is 14.9 Å². The average molecular weight is 265 g/mol. The Morgan fingerprint density at radius 2 is 1.76 bits per heavy atom. The van der Waals surface area contributed by atoms with Crippen molar-refractivity contribution in [2.24, 2.45) is 5.73 Å². The molecule has 0 aromatic rings. The third kappa shape index (κ3) is 5.78. The van der Waals surface area contributed by atoms with Crippen LogP contribution >= 0.6 is 0 Å². The molecule has 1 saturated heterocycles. The Morgan fingerprint density at radius 3 is 2.41 bits per heavy atom. The first-order chi connectivity index (χ1) is 8.17. The van der Waals surface area contributed by atoms with E-state index in [0.29, 0.717) is 39.4 Å². The van der Waals surface area contributed by atoms with Crippen molar-refractivity contribution in [2.45, 2.75) is 25.7 Å². The second-order valence-electron chi connectivity index (χ2n) is 4.11. The van der Waals surface area contributed by atoms with Crippen molar-refractivity contribution in [3.63, 3.8) is 0 Å². The summed E-state index contributed by atoms with van der Waals surface area (Å²) in [7, 11) is -3.30. The number of ether oxygens (including phenoxy) is 1. The van der Waals surface area contributed by atoms with E-state index in [1.165, 1.54) is 4.31 Å². The van der Waals surface area contributed by atoms with Crippen molar-refractivity contribution in [2.75, 3.05) is 39.4 Å². The van der Waals surface area contributed by atoms with Crippen molar-refractivity contribution in [3.05, 3.63) is 0 Å². The summed E-state index contributed by atoms with van der Waals surface area (Å²) in [5.74, 6) is 0. The smallest absolute Gasteiger partial charge is 0.279 e. The minimum absolute atomic E-state index is 0.447. The molecule has 0 spiro atoms. The van der Waals surface area contributed by atoms with Gasteiger partial charge >= 0.3 is 0 Å². The van der Waals surface area contributed by atoms with Crippen molar-refractivity contribution >= 4 is 10.2 Å². The van der Waals surface area contributed by atoms with Crippen LogP contribution in [-0.4, -0.2) is 52.1 Å². The normalized spacial score (nSPS) is 18.4. The molecule has 0 unspecified atom stereocenters. The molecule has 1 rings (SSSR count).